The van der Waals surface area contributed by atoms with Crippen LogP contribution in [0.1, 0.15) is 32.9 Å². The highest BCUT2D eigenvalue weighted by molar-refractivity contribution is 9.10. The molecule has 0 bridgehead atoms. The number of benzene rings is 2. The van der Waals surface area contributed by atoms with E-state index in [9.17, 15) is 4.79 Å². The fraction of sp³-hybridized carbons (Fsp3) is 0.200. The molecule has 3 aromatic rings. The summed E-state index contributed by atoms with van der Waals surface area (Å²) in [5.41, 5.74) is 4.85. The summed E-state index contributed by atoms with van der Waals surface area (Å²) >= 11 is 9.37. The van der Waals surface area contributed by atoms with Crippen LogP contribution in [0.15, 0.2) is 53.0 Å². The van der Waals surface area contributed by atoms with Gasteiger partial charge in [0.05, 0.1) is 17.8 Å². The molecule has 26 heavy (non-hydrogen) atoms. The molecule has 0 spiro atoms. The Kier molecular flexibility index (Phi) is 5.79. The van der Waals surface area contributed by atoms with E-state index in [0.717, 1.165) is 27.0 Å². The average molecular weight is 433 g/mol. The summed E-state index contributed by atoms with van der Waals surface area (Å²) in [4.78, 5) is 12.4. The molecule has 0 aliphatic heterocycles. The number of amides is 1. The first-order valence-electron chi connectivity index (χ1n) is 8.24. The molecular weight excluding hydrogens is 414 g/mol. The summed E-state index contributed by atoms with van der Waals surface area (Å²) in [5, 5.41) is 7.97. The van der Waals surface area contributed by atoms with Crippen LogP contribution in [-0.4, -0.2) is 15.7 Å². The quantitative estimate of drug-likeness (QED) is 0.624. The Balaban J connectivity index is 1.68. The van der Waals surface area contributed by atoms with Gasteiger partial charge in [0.1, 0.15) is 0 Å². The van der Waals surface area contributed by atoms with Crippen molar-refractivity contribution in [3.63, 3.8) is 0 Å². The smallest absolute Gasteiger partial charge is 0.252 e. The molecule has 1 heterocycles. The zero-order valence-electron chi connectivity index (χ0n) is 14.6. The average Bonchev–Trinajstić information content (AvgIpc) is 2.92. The zero-order chi connectivity index (χ0) is 18.7. The number of carbonyl (C=O) groups is 1. The summed E-state index contributed by atoms with van der Waals surface area (Å²) in [5.74, 6) is -0.164. The number of aromatic nitrogens is 2. The van der Waals surface area contributed by atoms with Crippen molar-refractivity contribution in [1.82, 2.24) is 15.1 Å². The van der Waals surface area contributed by atoms with Gasteiger partial charge in [-0.2, -0.15) is 5.10 Å². The minimum absolute atomic E-state index is 0.164. The van der Waals surface area contributed by atoms with E-state index in [0.29, 0.717) is 23.7 Å². The molecule has 0 aliphatic rings. The van der Waals surface area contributed by atoms with E-state index in [1.54, 1.807) is 18.2 Å². The number of aryl methyl sites for hydroxylation is 2. The molecule has 3 rings (SSSR count). The first kappa shape index (κ1) is 18.7. The Hall–Kier alpha value is -2.11. The third-order valence-corrected chi connectivity index (χ3v) is 4.98. The molecule has 0 saturated carbocycles. The molecule has 0 aliphatic carbocycles. The van der Waals surface area contributed by atoms with Crippen molar-refractivity contribution in [2.75, 3.05) is 0 Å². The molecule has 0 atom stereocenters. The van der Waals surface area contributed by atoms with Gasteiger partial charge in [0, 0.05) is 21.7 Å². The van der Waals surface area contributed by atoms with Gasteiger partial charge in [-0.3, -0.25) is 9.48 Å². The van der Waals surface area contributed by atoms with Crippen LogP contribution in [0.4, 0.5) is 0 Å². The van der Waals surface area contributed by atoms with E-state index in [1.165, 1.54) is 0 Å². The van der Waals surface area contributed by atoms with Crippen LogP contribution in [0.2, 0.25) is 5.02 Å². The van der Waals surface area contributed by atoms with Crippen LogP contribution >= 0.6 is 27.5 Å². The van der Waals surface area contributed by atoms with Crippen molar-refractivity contribution >= 4 is 33.4 Å². The molecule has 4 nitrogen and oxygen atoms in total. The van der Waals surface area contributed by atoms with Crippen LogP contribution in [0.5, 0.6) is 0 Å². The summed E-state index contributed by atoms with van der Waals surface area (Å²) < 4.78 is 2.70. The van der Waals surface area contributed by atoms with Crippen LogP contribution in [-0.2, 0) is 13.1 Å². The molecule has 2 aromatic carbocycles. The summed E-state index contributed by atoms with van der Waals surface area (Å²) in [6, 6.07) is 15.4. The molecule has 1 amide bonds. The first-order chi connectivity index (χ1) is 12.4. The molecule has 0 saturated heterocycles. The van der Waals surface area contributed by atoms with Crippen molar-refractivity contribution in [2.24, 2.45) is 0 Å². The van der Waals surface area contributed by atoms with Crippen LogP contribution in [0.25, 0.3) is 0 Å². The number of hydrogen-bond donors (Lipinski definition) is 1. The van der Waals surface area contributed by atoms with Crippen LogP contribution in [0, 0.1) is 13.8 Å². The van der Waals surface area contributed by atoms with Crippen molar-refractivity contribution in [3.8, 4) is 0 Å². The number of nitrogens with one attached hydrogen (secondary N) is 1. The van der Waals surface area contributed by atoms with Gasteiger partial charge in [0.2, 0.25) is 0 Å². The fourth-order valence-electron chi connectivity index (χ4n) is 2.79. The largest absolute Gasteiger partial charge is 0.348 e. The second-order valence-electron chi connectivity index (χ2n) is 6.21. The van der Waals surface area contributed by atoms with Crippen molar-refractivity contribution in [3.05, 3.63) is 86.1 Å². The van der Waals surface area contributed by atoms with Gasteiger partial charge in [-0.15, -0.1) is 0 Å². The lowest BCUT2D eigenvalue weighted by Crippen LogP contribution is -2.23. The van der Waals surface area contributed by atoms with Gasteiger partial charge < -0.3 is 5.32 Å². The Morgan fingerprint density at radius 2 is 1.92 bits per heavy atom. The maximum absolute atomic E-state index is 12.4. The summed E-state index contributed by atoms with van der Waals surface area (Å²) in [6.45, 7) is 5.19. The van der Waals surface area contributed by atoms with E-state index in [2.05, 4.69) is 44.5 Å². The minimum Gasteiger partial charge on any atom is -0.348 e. The van der Waals surface area contributed by atoms with E-state index in [1.807, 2.05) is 30.7 Å². The number of rotatable bonds is 5. The highest BCUT2D eigenvalue weighted by atomic mass is 79.9. The second kappa shape index (κ2) is 8.06. The third-order valence-electron chi connectivity index (χ3n) is 4.05. The predicted octanol–water partition coefficient (Wildman–Crippen LogP) is 4.89. The van der Waals surface area contributed by atoms with Gasteiger partial charge in [0.25, 0.3) is 5.91 Å². The Morgan fingerprint density at radius 1 is 1.15 bits per heavy atom. The van der Waals surface area contributed by atoms with Crippen LogP contribution in [0.3, 0.4) is 0 Å². The van der Waals surface area contributed by atoms with Crippen molar-refractivity contribution in [1.29, 1.82) is 0 Å². The second-order valence-corrected chi connectivity index (χ2v) is 7.50. The monoisotopic (exact) mass is 431 g/mol. The molecule has 1 N–H and O–H groups in total. The molecule has 134 valence electrons. The fourth-order valence-corrected chi connectivity index (χ4v) is 3.39. The Morgan fingerprint density at radius 3 is 2.65 bits per heavy atom. The van der Waals surface area contributed by atoms with E-state index >= 15 is 0 Å². The van der Waals surface area contributed by atoms with E-state index < -0.39 is 0 Å². The van der Waals surface area contributed by atoms with Gasteiger partial charge >= 0.3 is 0 Å². The number of carbonyl (C=O) groups excluding carboxylic acids is 1. The number of halogens is 2. The number of hydrogen-bond acceptors (Lipinski definition) is 2. The molecule has 1 aromatic heterocycles. The van der Waals surface area contributed by atoms with Crippen molar-refractivity contribution in [2.45, 2.75) is 26.9 Å². The van der Waals surface area contributed by atoms with Gasteiger partial charge in [-0.1, -0.05) is 35.9 Å². The Bertz CT molecular complexity index is 952. The highest BCUT2D eigenvalue weighted by Crippen LogP contribution is 2.21. The van der Waals surface area contributed by atoms with E-state index in [4.69, 9.17) is 11.6 Å². The molecular formula is C20H19BrClN3O. The van der Waals surface area contributed by atoms with Gasteiger partial charge in [0.15, 0.2) is 0 Å². The normalized spacial score (nSPS) is 10.8. The van der Waals surface area contributed by atoms with Gasteiger partial charge in [-0.25, -0.2) is 0 Å². The first-order valence-corrected chi connectivity index (χ1v) is 9.41. The molecule has 0 unspecified atom stereocenters. The molecule has 6 heteroatoms. The SMILES string of the molecule is Cc1cc(C)n(Cc2cccc(CNC(=O)c3cc(Cl)ccc3Br)c2)n1. The maximum Gasteiger partial charge on any atom is 0.252 e. The van der Waals surface area contributed by atoms with Gasteiger partial charge in [-0.05, 0) is 65.2 Å². The molecule has 0 fully saturated rings. The maximum atomic E-state index is 12.4. The third kappa shape index (κ3) is 4.54. The predicted molar refractivity (Wildman–Crippen MR) is 108 cm³/mol. The topological polar surface area (TPSA) is 46.9 Å². The van der Waals surface area contributed by atoms with Crippen molar-refractivity contribution < 1.29 is 4.79 Å². The van der Waals surface area contributed by atoms with E-state index in [-0.39, 0.29) is 5.91 Å². The lowest BCUT2D eigenvalue weighted by molar-refractivity contribution is 0.0950. The summed E-state index contributed by atoms with van der Waals surface area (Å²) in [6.07, 6.45) is 0. The standard InChI is InChI=1S/C20H19BrClN3O/c1-13-8-14(2)25(24-13)12-16-5-3-4-15(9-16)11-23-20(26)18-10-17(22)6-7-19(18)21/h3-10H,11-12H2,1-2H3,(H,23,26). The molecule has 0 radical (unpaired) electrons. The van der Waals surface area contributed by atoms with Crippen LogP contribution < -0.4 is 5.32 Å². The lowest BCUT2D eigenvalue weighted by Gasteiger charge is -2.10. The lowest BCUT2D eigenvalue weighted by atomic mass is 10.1. The minimum atomic E-state index is -0.164. The number of nitrogens with zero attached hydrogens (tertiary/aromatic N) is 2. The zero-order valence-corrected chi connectivity index (χ0v) is 16.9. The Labute approximate surface area is 166 Å². The highest BCUT2D eigenvalue weighted by Gasteiger charge is 2.10. The summed E-state index contributed by atoms with van der Waals surface area (Å²) in [7, 11) is 0.